The number of carboxylic acid groups (broad SMARTS) is 1. The fourth-order valence-corrected chi connectivity index (χ4v) is 10.3. The Bertz CT molecular complexity index is 2160. The van der Waals surface area contributed by atoms with E-state index in [-0.39, 0.29) is 37.3 Å². The molecule has 0 bridgehead atoms. The van der Waals surface area contributed by atoms with Gasteiger partial charge in [0.2, 0.25) is 11.8 Å². The number of ether oxygens (including phenoxy) is 5. The molecule has 342 valence electrons. The third-order valence-electron chi connectivity index (χ3n) is 13.0. The van der Waals surface area contributed by atoms with Crippen molar-refractivity contribution >= 4 is 51.2 Å². The van der Waals surface area contributed by atoms with Crippen LogP contribution in [0.2, 0.25) is 0 Å². The maximum atomic E-state index is 14.8. The highest BCUT2D eigenvalue weighted by Crippen LogP contribution is 2.52. The minimum absolute atomic E-state index is 0.00625. The molecule has 1 aromatic carbocycles. The first kappa shape index (κ1) is 44.9. The molecule has 0 radical (unpaired) electrons. The molecule has 3 aliphatic carbocycles. The summed E-state index contributed by atoms with van der Waals surface area (Å²) in [6.45, 7) is 12.9. The lowest BCUT2D eigenvalue weighted by molar-refractivity contribution is -0.165. The van der Waals surface area contributed by atoms with E-state index in [1.807, 2.05) is 71.2 Å². The summed E-state index contributed by atoms with van der Waals surface area (Å²) in [4.78, 5) is 66.2. The summed E-state index contributed by atoms with van der Waals surface area (Å²) < 4.78 is 30.3. The molecule has 4 heterocycles. The molecule has 5 aliphatic rings. The van der Waals surface area contributed by atoms with Crippen LogP contribution < -0.4 is 25.4 Å². The number of benzene rings is 1. The van der Waals surface area contributed by atoms with Crippen molar-refractivity contribution in [3.05, 3.63) is 29.6 Å². The first-order chi connectivity index (χ1) is 30.1. The summed E-state index contributed by atoms with van der Waals surface area (Å²) in [7, 11) is 0. The van der Waals surface area contributed by atoms with E-state index in [1.54, 1.807) is 0 Å². The molecule has 17 heteroatoms. The van der Waals surface area contributed by atoms with Gasteiger partial charge in [0.25, 0.3) is 0 Å². The van der Waals surface area contributed by atoms with E-state index in [0.29, 0.717) is 78.3 Å². The minimum atomic E-state index is -1.41. The third-order valence-corrected chi connectivity index (χ3v) is 13.8. The van der Waals surface area contributed by atoms with Crippen molar-refractivity contribution in [2.45, 2.75) is 141 Å². The van der Waals surface area contributed by atoms with Crippen molar-refractivity contribution in [1.29, 1.82) is 0 Å². The zero-order chi connectivity index (χ0) is 44.6. The number of aliphatic carboxylic acids is 1. The number of alkyl carbamates (subject to hydrolysis) is 1. The van der Waals surface area contributed by atoms with Gasteiger partial charge in [-0.05, 0) is 94.1 Å². The predicted molar refractivity (Wildman–Crippen MR) is 236 cm³/mol. The smallest absolute Gasteiger partial charge is 0.408 e. The van der Waals surface area contributed by atoms with Crippen molar-refractivity contribution in [3.8, 4) is 22.9 Å². The maximum absolute atomic E-state index is 14.8. The van der Waals surface area contributed by atoms with Crippen LogP contribution in [0.1, 0.15) is 99.3 Å². The van der Waals surface area contributed by atoms with E-state index in [1.165, 1.54) is 22.7 Å². The van der Waals surface area contributed by atoms with Crippen molar-refractivity contribution in [2.75, 3.05) is 31.7 Å². The summed E-state index contributed by atoms with van der Waals surface area (Å²) in [5, 5.41) is 22.6. The van der Waals surface area contributed by atoms with E-state index in [9.17, 15) is 24.3 Å². The Balaban J connectivity index is 1.06. The maximum Gasteiger partial charge on any atom is 0.408 e. The normalized spacial score (nSPS) is 28.0. The monoisotopic (exact) mass is 890 g/mol. The average Bonchev–Trinajstić information content (AvgIpc) is 3.91. The number of likely N-dealkylation sites (tertiary alicyclic amines) is 1. The largest absolute Gasteiger partial charge is 0.491 e. The van der Waals surface area contributed by atoms with Crippen LogP contribution in [-0.2, 0) is 28.6 Å². The lowest BCUT2D eigenvalue weighted by Crippen LogP contribution is -2.59. The van der Waals surface area contributed by atoms with Crippen molar-refractivity contribution in [3.63, 3.8) is 0 Å². The number of nitrogens with one attached hydrogen (secondary N) is 3. The topological polar surface area (TPSA) is 200 Å². The van der Waals surface area contributed by atoms with Crippen LogP contribution in [0.5, 0.6) is 11.5 Å². The second-order valence-corrected chi connectivity index (χ2v) is 20.1. The van der Waals surface area contributed by atoms with Crippen LogP contribution in [0.4, 0.5) is 9.93 Å². The van der Waals surface area contributed by atoms with Gasteiger partial charge in [-0.2, -0.15) is 0 Å². The third kappa shape index (κ3) is 10.3. The summed E-state index contributed by atoms with van der Waals surface area (Å²) in [6, 6.07) is 5.38. The van der Waals surface area contributed by atoms with Crippen LogP contribution in [0.15, 0.2) is 29.6 Å². The molecule has 2 aromatic heterocycles. The molecule has 5 fully saturated rings. The number of anilines is 1. The Morgan fingerprint density at radius 3 is 2.49 bits per heavy atom. The van der Waals surface area contributed by atoms with Crippen LogP contribution in [0.25, 0.3) is 22.3 Å². The Labute approximate surface area is 372 Å². The first-order valence-corrected chi connectivity index (χ1v) is 23.5. The number of aromatic nitrogens is 2. The molecule has 3 saturated carbocycles. The number of rotatable bonds is 17. The molecular formula is C46H62N6O10S. The molecule has 3 aromatic rings. The molecule has 16 nitrogen and oxygen atoms in total. The van der Waals surface area contributed by atoms with Crippen LogP contribution in [0.3, 0.4) is 0 Å². The molecule has 8 rings (SSSR count). The van der Waals surface area contributed by atoms with Crippen molar-refractivity contribution in [2.24, 2.45) is 23.2 Å². The first-order valence-electron chi connectivity index (χ1n) is 22.6. The molecule has 4 unspecified atom stereocenters. The summed E-state index contributed by atoms with van der Waals surface area (Å²) in [5.41, 5.74) is -0.408. The highest BCUT2D eigenvalue weighted by atomic mass is 32.1. The summed E-state index contributed by atoms with van der Waals surface area (Å²) in [6.07, 6.45) is 4.97. The zero-order valence-electron chi connectivity index (χ0n) is 37.1. The molecule has 9 atom stereocenters. The lowest BCUT2D eigenvalue weighted by Gasteiger charge is -2.35. The minimum Gasteiger partial charge on any atom is -0.491 e. The van der Waals surface area contributed by atoms with Gasteiger partial charge in [-0.3, -0.25) is 9.59 Å². The molecule has 3 amide bonds. The van der Waals surface area contributed by atoms with Gasteiger partial charge in [0, 0.05) is 42.0 Å². The number of carbonyl (C=O) groups excluding carboxylic acids is 3. The van der Waals surface area contributed by atoms with Gasteiger partial charge in [-0.1, -0.05) is 34.1 Å². The van der Waals surface area contributed by atoms with E-state index in [0.717, 1.165) is 37.2 Å². The number of carboxylic acids is 1. The van der Waals surface area contributed by atoms with E-state index < -0.39 is 53.0 Å². The number of thiazole rings is 1. The van der Waals surface area contributed by atoms with E-state index in [2.05, 4.69) is 16.0 Å². The number of pyridine rings is 1. The quantitative estimate of drug-likeness (QED) is 0.104. The number of hydrogen-bond acceptors (Lipinski definition) is 13. The standard InChI is InChI=1S/C46H62N6O10S/c1-7-28-22-46(28,42(55)56)51-40(53)36-20-31(23-52(36)41(54)39(45(4,5)6)50-44(57)62-30-17-26-16-27(26)18-30)61-37-21-34(35-24-63-43(49-35)47-25(2)3)48-33-19-29(11-12-32(33)37)58-14-15-60-38-10-8-9-13-59-38/h11-12,19,21,24-28,30-31,36,38-39H,7-10,13-18,20,22-23H2,1-6H3,(H,47,49)(H,50,57)(H,51,53)(H,55,56)/t26-,27?,28+,30?,31-,36-,38?,39-,46?/m0/s1. The van der Waals surface area contributed by atoms with Gasteiger partial charge in [-0.15, -0.1) is 11.3 Å². The van der Waals surface area contributed by atoms with E-state index in [4.69, 9.17) is 33.7 Å². The number of carbonyl (C=O) groups is 4. The van der Waals surface area contributed by atoms with Gasteiger partial charge in [-0.25, -0.2) is 19.6 Å². The number of hydrogen-bond donors (Lipinski definition) is 4. The molecule has 2 aliphatic heterocycles. The number of amides is 3. The van der Waals surface area contributed by atoms with Gasteiger partial charge in [0.15, 0.2) is 11.4 Å². The van der Waals surface area contributed by atoms with Gasteiger partial charge in [0.1, 0.15) is 53.6 Å². The average molecular weight is 891 g/mol. The van der Waals surface area contributed by atoms with Gasteiger partial charge < -0.3 is 49.6 Å². The zero-order valence-corrected chi connectivity index (χ0v) is 38.0. The number of fused-ring (bicyclic) bond motifs is 2. The highest BCUT2D eigenvalue weighted by Gasteiger charge is 2.61. The lowest BCUT2D eigenvalue weighted by atomic mass is 9.85. The Morgan fingerprint density at radius 2 is 1.81 bits per heavy atom. The van der Waals surface area contributed by atoms with Gasteiger partial charge in [0.05, 0.1) is 24.4 Å². The Morgan fingerprint density at radius 1 is 1.02 bits per heavy atom. The fourth-order valence-electron chi connectivity index (χ4n) is 9.40. The summed E-state index contributed by atoms with van der Waals surface area (Å²) in [5.74, 6) is -0.144. The fraction of sp³-hybridized carbons (Fsp3) is 0.652. The molecule has 0 spiro atoms. The highest BCUT2D eigenvalue weighted by molar-refractivity contribution is 7.14. The molecule has 2 saturated heterocycles. The van der Waals surface area contributed by atoms with Crippen molar-refractivity contribution in [1.82, 2.24) is 25.5 Å². The van der Waals surface area contributed by atoms with E-state index >= 15 is 0 Å². The Kier molecular flexibility index (Phi) is 13.1. The summed E-state index contributed by atoms with van der Waals surface area (Å²) >= 11 is 1.46. The predicted octanol–water partition coefficient (Wildman–Crippen LogP) is 6.76. The Hall–Kier alpha value is -4.74. The number of nitrogens with zero attached hydrogens (tertiary/aromatic N) is 3. The molecular weight excluding hydrogens is 829 g/mol. The van der Waals surface area contributed by atoms with Crippen LogP contribution >= 0.6 is 11.3 Å². The van der Waals surface area contributed by atoms with Crippen molar-refractivity contribution < 1.29 is 48.0 Å². The van der Waals surface area contributed by atoms with Crippen LogP contribution in [0, 0.1) is 23.2 Å². The van der Waals surface area contributed by atoms with Gasteiger partial charge >= 0.3 is 12.1 Å². The second kappa shape index (κ2) is 18.4. The second-order valence-electron chi connectivity index (χ2n) is 19.3. The SMILES string of the molecule is CC[C@@H]1CC1(NC(=O)[C@@H]1C[C@H](Oc2cc(-c3csc(NC(C)C)n3)nc3cc(OCCOC4CCCCO4)ccc23)CN1C(=O)[C@H](NC(=O)OC1CC2C[C@H]2C1)C(C)(C)C)C(=O)O. The molecule has 63 heavy (non-hydrogen) atoms. The molecule has 4 N–H and O–H groups in total. The van der Waals surface area contributed by atoms with Crippen LogP contribution in [-0.4, -0.2) is 112 Å².